The Morgan fingerprint density at radius 2 is 1.86 bits per heavy atom. The van der Waals surface area contributed by atoms with E-state index >= 15 is 0 Å². The van der Waals surface area contributed by atoms with Crippen LogP contribution in [0.4, 0.5) is 20.4 Å². The van der Waals surface area contributed by atoms with E-state index in [4.69, 9.17) is 14.9 Å². The lowest BCUT2D eigenvalue weighted by Crippen LogP contribution is -2.47. The molecule has 13 nitrogen and oxygen atoms in total. The Morgan fingerprint density at radius 1 is 1.09 bits per heavy atom. The van der Waals surface area contributed by atoms with Gasteiger partial charge in [-0.2, -0.15) is 9.50 Å². The fourth-order valence-corrected chi connectivity index (χ4v) is 7.13. The van der Waals surface area contributed by atoms with Gasteiger partial charge in [0.15, 0.2) is 28.6 Å². The number of fused-ring (bicyclic) bond motifs is 3. The Balaban J connectivity index is 1.05. The Hall–Kier alpha value is -4.15. The molecule has 2 fully saturated rings. The maximum atomic E-state index is 14.9. The Kier molecular flexibility index (Phi) is 7.42. The average molecular weight is 628 g/mol. The molecule has 7 rings (SSSR count). The Bertz CT molecular complexity index is 1870. The molecule has 1 aromatic carbocycles. The summed E-state index contributed by atoms with van der Waals surface area (Å²) in [7, 11) is 1.66. The fraction of sp³-hybridized carbons (Fsp3) is 0.429. The van der Waals surface area contributed by atoms with Crippen LogP contribution in [0.25, 0.3) is 28.4 Å². The maximum Gasteiger partial charge on any atom is 0.330 e. The molecule has 5 aromatic rings. The zero-order chi connectivity index (χ0) is 30.5. The van der Waals surface area contributed by atoms with E-state index in [0.717, 1.165) is 6.07 Å². The fourth-order valence-electron chi connectivity index (χ4n) is 5.88. The first-order chi connectivity index (χ1) is 21.3. The van der Waals surface area contributed by atoms with Gasteiger partial charge in [0, 0.05) is 71.3 Å². The quantitative estimate of drug-likeness (QED) is 0.266. The number of aryl methyl sites for hydroxylation is 1. The summed E-state index contributed by atoms with van der Waals surface area (Å²) in [6.45, 7) is 3.14. The van der Waals surface area contributed by atoms with Gasteiger partial charge in [0.05, 0.1) is 12.0 Å². The molecule has 232 valence electrons. The van der Waals surface area contributed by atoms with Gasteiger partial charge in [0.2, 0.25) is 11.8 Å². The van der Waals surface area contributed by atoms with Gasteiger partial charge in [0.25, 0.3) is 0 Å². The number of aromatic nitrogens is 6. The molecular weight excluding hydrogens is 596 g/mol. The number of hydrogen-bond acceptors (Lipinski definition) is 10. The summed E-state index contributed by atoms with van der Waals surface area (Å²) < 4.78 is 56.8. The van der Waals surface area contributed by atoms with Gasteiger partial charge in [-0.15, -0.1) is 5.10 Å². The molecule has 2 aliphatic rings. The SMILES string of the molecule is Cn1c(=O)n(CCN2CCN(c3cc(O[C@H]4CC[S@@+]([O-])CC4)c(F)cc3F)CC2)c2nc(N)n3nc(-c4ccco4)nc3c21. The van der Waals surface area contributed by atoms with Crippen molar-refractivity contribution in [3.63, 3.8) is 0 Å². The van der Waals surface area contributed by atoms with E-state index in [-0.39, 0.29) is 29.2 Å². The predicted molar refractivity (Wildman–Crippen MR) is 160 cm³/mol. The van der Waals surface area contributed by atoms with Gasteiger partial charge in [0.1, 0.15) is 28.9 Å². The average Bonchev–Trinajstić information content (AvgIpc) is 3.75. The normalized spacial score (nSPS) is 19.8. The molecule has 4 aromatic heterocycles. The van der Waals surface area contributed by atoms with Crippen LogP contribution in [-0.2, 0) is 24.8 Å². The molecule has 2 N–H and O–H groups in total. The van der Waals surface area contributed by atoms with E-state index in [9.17, 15) is 18.1 Å². The number of imidazole rings is 1. The van der Waals surface area contributed by atoms with Crippen LogP contribution in [0.2, 0.25) is 0 Å². The van der Waals surface area contributed by atoms with Gasteiger partial charge in [-0.05, 0) is 12.1 Å². The first-order valence-electron chi connectivity index (χ1n) is 14.4. The Labute approximate surface area is 253 Å². The van der Waals surface area contributed by atoms with Crippen LogP contribution in [0.15, 0.2) is 39.7 Å². The van der Waals surface area contributed by atoms with Gasteiger partial charge in [-0.1, -0.05) is 11.2 Å². The van der Waals surface area contributed by atoms with Crippen molar-refractivity contribution in [3.05, 3.63) is 52.6 Å². The lowest BCUT2D eigenvalue weighted by atomic mass is 10.2. The lowest BCUT2D eigenvalue weighted by Gasteiger charge is -2.36. The van der Waals surface area contributed by atoms with E-state index in [1.54, 1.807) is 23.7 Å². The molecule has 0 aliphatic carbocycles. The van der Waals surface area contributed by atoms with Gasteiger partial charge in [-0.3, -0.25) is 14.0 Å². The largest absolute Gasteiger partial charge is 0.616 e. The zero-order valence-corrected chi connectivity index (χ0v) is 24.8. The summed E-state index contributed by atoms with van der Waals surface area (Å²) >= 11 is -0.858. The highest BCUT2D eigenvalue weighted by Gasteiger charge is 2.27. The van der Waals surface area contributed by atoms with E-state index in [1.807, 2.05) is 4.90 Å². The van der Waals surface area contributed by atoms with Crippen molar-refractivity contribution in [2.24, 2.45) is 7.05 Å². The molecule has 0 amide bonds. The maximum absolute atomic E-state index is 14.9. The van der Waals surface area contributed by atoms with Crippen molar-refractivity contribution < 1.29 is 22.5 Å². The molecule has 0 unspecified atom stereocenters. The minimum absolute atomic E-state index is 0.0154. The molecule has 2 aliphatic heterocycles. The van der Waals surface area contributed by atoms with E-state index < -0.39 is 22.8 Å². The zero-order valence-electron chi connectivity index (χ0n) is 24.0. The molecule has 16 heteroatoms. The summed E-state index contributed by atoms with van der Waals surface area (Å²) in [6.07, 6.45) is 2.44. The molecular formula is C28H31F2N9O4S. The summed E-state index contributed by atoms with van der Waals surface area (Å²) in [6, 6.07) is 5.77. The first kappa shape index (κ1) is 28.6. The summed E-state index contributed by atoms with van der Waals surface area (Å²) in [5.41, 5.74) is 7.56. The number of nitrogens with zero attached hydrogens (tertiary/aromatic N) is 8. The first-order valence-corrected chi connectivity index (χ1v) is 15.9. The van der Waals surface area contributed by atoms with Crippen LogP contribution in [0.5, 0.6) is 5.75 Å². The number of nitrogens with two attached hydrogens (primary N) is 1. The number of furan rings is 1. The molecule has 0 atom stereocenters. The Morgan fingerprint density at radius 3 is 2.59 bits per heavy atom. The minimum atomic E-state index is -0.858. The molecule has 0 saturated carbocycles. The van der Waals surface area contributed by atoms with Gasteiger partial charge < -0.3 is 24.3 Å². The minimum Gasteiger partial charge on any atom is -0.616 e. The van der Waals surface area contributed by atoms with Crippen molar-refractivity contribution >= 4 is 39.6 Å². The number of ether oxygens (including phenoxy) is 1. The number of halogens is 2. The van der Waals surface area contributed by atoms with Crippen LogP contribution in [0.1, 0.15) is 12.8 Å². The van der Waals surface area contributed by atoms with Crippen molar-refractivity contribution in [3.8, 4) is 17.3 Å². The number of anilines is 2. The molecule has 6 heterocycles. The van der Waals surface area contributed by atoms with E-state index in [1.165, 1.54) is 21.4 Å². The molecule has 0 spiro atoms. The third-order valence-electron chi connectivity index (χ3n) is 8.30. The second-order valence-corrected chi connectivity index (χ2v) is 12.7. The topological polar surface area (TPSA) is 148 Å². The van der Waals surface area contributed by atoms with Crippen molar-refractivity contribution in [2.75, 3.05) is 54.9 Å². The van der Waals surface area contributed by atoms with Crippen LogP contribution < -0.4 is 21.1 Å². The molecule has 0 bridgehead atoms. The highest BCUT2D eigenvalue weighted by atomic mass is 32.2. The summed E-state index contributed by atoms with van der Waals surface area (Å²) in [4.78, 5) is 26.4. The molecule has 2 saturated heterocycles. The molecule has 0 radical (unpaired) electrons. The van der Waals surface area contributed by atoms with Crippen LogP contribution in [0.3, 0.4) is 0 Å². The number of nitrogen functional groups attached to an aromatic ring is 1. The van der Waals surface area contributed by atoms with E-state index in [0.29, 0.717) is 92.0 Å². The lowest BCUT2D eigenvalue weighted by molar-refractivity contribution is 0.181. The summed E-state index contributed by atoms with van der Waals surface area (Å²) in [5.74, 6) is 0.563. The predicted octanol–water partition coefficient (Wildman–Crippen LogP) is 2.01. The van der Waals surface area contributed by atoms with E-state index in [2.05, 4.69) is 20.0 Å². The number of rotatable bonds is 7. The second kappa shape index (κ2) is 11.4. The van der Waals surface area contributed by atoms with Crippen molar-refractivity contribution in [2.45, 2.75) is 25.5 Å². The van der Waals surface area contributed by atoms with Crippen LogP contribution in [0, 0.1) is 11.6 Å². The summed E-state index contributed by atoms with van der Waals surface area (Å²) in [5, 5.41) is 4.40. The van der Waals surface area contributed by atoms with Gasteiger partial charge >= 0.3 is 5.69 Å². The third-order valence-corrected chi connectivity index (χ3v) is 9.68. The number of piperazine rings is 1. The molecule has 44 heavy (non-hydrogen) atoms. The number of benzene rings is 1. The monoisotopic (exact) mass is 627 g/mol. The number of hydrogen-bond donors (Lipinski definition) is 1. The second-order valence-electron chi connectivity index (χ2n) is 11.0. The highest BCUT2D eigenvalue weighted by Crippen LogP contribution is 2.31. The van der Waals surface area contributed by atoms with Crippen molar-refractivity contribution in [1.29, 1.82) is 0 Å². The van der Waals surface area contributed by atoms with Crippen LogP contribution >= 0.6 is 0 Å². The standard InChI is InChI=1S/C28H31F2N9O4S/c1-35-23-25(33-27(31)39-26(23)32-24(34-39)21-3-2-12-42-21)38(28(35)40)11-8-36-6-9-37(10-7-36)20-16-22(19(30)15-18(20)29)43-17-4-13-44(41)14-5-17/h2-3,12,15-17H,4-11,13-14H2,1H3,(H2,31,33)/t17-,44+. The smallest absolute Gasteiger partial charge is 0.330 e. The van der Waals surface area contributed by atoms with Gasteiger partial charge in [-0.25, -0.2) is 18.6 Å². The third kappa shape index (κ3) is 5.16. The van der Waals surface area contributed by atoms with Crippen molar-refractivity contribution in [1.82, 2.24) is 33.6 Å². The highest BCUT2D eigenvalue weighted by molar-refractivity contribution is 7.91. The van der Waals surface area contributed by atoms with Crippen LogP contribution in [-0.4, -0.2) is 88.5 Å².